The van der Waals surface area contributed by atoms with Crippen molar-refractivity contribution in [2.75, 3.05) is 5.32 Å². The number of nitrogens with two attached hydrogens (primary N) is 1. The Labute approximate surface area is 141 Å². The Hall–Kier alpha value is -2.32. The van der Waals surface area contributed by atoms with Gasteiger partial charge in [-0.15, -0.1) is 0 Å². The molecule has 0 radical (unpaired) electrons. The first-order chi connectivity index (χ1) is 11.2. The largest absolute Gasteiger partial charge is 0.481 e. The Morgan fingerprint density at radius 2 is 1.88 bits per heavy atom. The fourth-order valence-electron chi connectivity index (χ4n) is 3.55. The average molecular weight is 355 g/mol. The molecule has 0 saturated heterocycles. The van der Waals surface area contributed by atoms with E-state index in [-0.39, 0.29) is 6.42 Å². The van der Waals surface area contributed by atoms with Crippen LogP contribution in [0.3, 0.4) is 0 Å². The van der Waals surface area contributed by atoms with Crippen LogP contribution >= 0.6 is 11.6 Å². The first-order valence-corrected chi connectivity index (χ1v) is 7.60. The van der Waals surface area contributed by atoms with Crippen molar-refractivity contribution in [1.82, 2.24) is 0 Å². The molecule has 0 aromatic heterocycles. The molecular weight excluding hydrogens is 340 g/mol. The lowest BCUT2D eigenvalue weighted by Gasteiger charge is -2.24. The minimum absolute atomic E-state index is 0.116. The maximum atomic E-state index is 12.0. The Balaban J connectivity index is 1.69. The first-order valence-electron chi connectivity index (χ1n) is 7.22. The first kappa shape index (κ1) is 16.5. The van der Waals surface area contributed by atoms with Crippen molar-refractivity contribution in [2.24, 2.45) is 23.5 Å². The maximum absolute atomic E-state index is 12.0. The number of benzene rings is 1. The number of rotatable bonds is 4. The van der Waals surface area contributed by atoms with E-state index < -0.39 is 47.4 Å². The molecular formula is C15H15ClN2O6. The van der Waals surface area contributed by atoms with E-state index in [4.69, 9.17) is 27.2 Å². The van der Waals surface area contributed by atoms with Gasteiger partial charge in [-0.2, -0.15) is 0 Å². The summed E-state index contributed by atoms with van der Waals surface area (Å²) in [7, 11) is 0. The van der Waals surface area contributed by atoms with Crippen molar-refractivity contribution in [1.29, 1.82) is 0 Å². The van der Waals surface area contributed by atoms with Crippen molar-refractivity contribution < 1.29 is 29.3 Å². The van der Waals surface area contributed by atoms with E-state index in [0.717, 1.165) is 0 Å². The van der Waals surface area contributed by atoms with Crippen LogP contribution in [0.4, 0.5) is 10.5 Å². The second-order valence-corrected chi connectivity index (χ2v) is 6.53. The summed E-state index contributed by atoms with van der Waals surface area (Å²) in [6.45, 7) is 0. The molecule has 2 aliphatic carbocycles. The summed E-state index contributed by atoms with van der Waals surface area (Å²) in [6.07, 6.45) is -1.77. The fourth-order valence-corrected chi connectivity index (χ4v) is 3.68. The van der Waals surface area contributed by atoms with Crippen LogP contribution in [0.15, 0.2) is 24.3 Å². The van der Waals surface area contributed by atoms with Crippen molar-refractivity contribution in [2.45, 2.75) is 18.1 Å². The van der Waals surface area contributed by atoms with Crippen LogP contribution in [0.2, 0.25) is 5.02 Å². The van der Waals surface area contributed by atoms with Gasteiger partial charge in [-0.25, -0.2) is 4.79 Å². The molecule has 1 aromatic carbocycles. The molecule has 0 spiro atoms. The zero-order valence-corrected chi connectivity index (χ0v) is 13.1. The molecule has 0 unspecified atom stereocenters. The number of carboxylic acids is 2. The predicted molar refractivity (Wildman–Crippen MR) is 82.6 cm³/mol. The third kappa shape index (κ3) is 2.67. The number of fused-ring (bicyclic) bond motifs is 1. The number of anilines is 1. The smallest absolute Gasteiger partial charge is 0.411 e. The van der Waals surface area contributed by atoms with E-state index in [1.807, 2.05) is 0 Å². The van der Waals surface area contributed by atoms with Gasteiger partial charge < -0.3 is 20.7 Å². The van der Waals surface area contributed by atoms with Gasteiger partial charge >= 0.3 is 18.0 Å². The van der Waals surface area contributed by atoms with Crippen LogP contribution in [-0.4, -0.2) is 39.9 Å². The average Bonchev–Trinajstić information content (AvgIpc) is 3.18. The number of hydrogen-bond donors (Lipinski definition) is 4. The summed E-state index contributed by atoms with van der Waals surface area (Å²) in [5, 5.41) is 21.4. The van der Waals surface area contributed by atoms with Gasteiger partial charge in [-0.3, -0.25) is 14.9 Å². The van der Waals surface area contributed by atoms with E-state index in [0.29, 0.717) is 10.7 Å². The second kappa shape index (κ2) is 5.64. The van der Waals surface area contributed by atoms with Gasteiger partial charge in [0.15, 0.2) is 0 Å². The number of nitrogens with one attached hydrogen (secondary N) is 1. The van der Waals surface area contributed by atoms with Crippen LogP contribution in [0, 0.1) is 17.8 Å². The number of carbonyl (C=O) groups is 3. The second-order valence-electron chi connectivity index (χ2n) is 6.09. The molecule has 0 bridgehead atoms. The Bertz CT molecular complexity index is 708. The highest BCUT2D eigenvalue weighted by Crippen LogP contribution is 2.62. The van der Waals surface area contributed by atoms with Gasteiger partial charge in [0.1, 0.15) is 11.6 Å². The molecule has 0 aliphatic heterocycles. The highest BCUT2D eigenvalue weighted by atomic mass is 35.5. The lowest BCUT2D eigenvalue weighted by atomic mass is 9.91. The number of aliphatic carboxylic acids is 2. The van der Waals surface area contributed by atoms with E-state index in [1.54, 1.807) is 24.3 Å². The Morgan fingerprint density at radius 1 is 1.25 bits per heavy atom. The summed E-state index contributed by atoms with van der Waals surface area (Å²) in [5.74, 6) is -4.65. The molecule has 3 rings (SSSR count). The van der Waals surface area contributed by atoms with Gasteiger partial charge in [0.25, 0.3) is 0 Å². The standard InChI is InChI=1S/C15H15ClN2O6/c16-6-1-3-7(4-2-6)18-14(23)24-8-5-15(17,13(21)22)11-9(8)10(11)12(19)20/h1-4,8-11H,5,17H2,(H,18,23)(H,19,20)(H,21,22)/t8-,9-,10-,11+,15-/m1/s1. The lowest BCUT2D eigenvalue weighted by Crippen LogP contribution is -2.51. The van der Waals surface area contributed by atoms with Crippen molar-refractivity contribution in [3.8, 4) is 0 Å². The molecule has 128 valence electrons. The van der Waals surface area contributed by atoms with Gasteiger partial charge in [-0.1, -0.05) is 11.6 Å². The van der Waals surface area contributed by atoms with Gasteiger partial charge in [-0.05, 0) is 24.3 Å². The van der Waals surface area contributed by atoms with Gasteiger partial charge in [0, 0.05) is 29.0 Å². The van der Waals surface area contributed by atoms with E-state index in [9.17, 15) is 19.5 Å². The lowest BCUT2D eigenvalue weighted by molar-refractivity contribution is -0.146. The third-order valence-electron chi connectivity index (χ3n) is 4.67. The molecule has 0 heterocycles. The summed E-state index contributed by atoms with van der Waals surface area (Å²) >= 11 is 5.75. The number of hydrogen-bond acceptors (Lipinski definition) is 5. The summed E-state index contributed by atoms with van der Waals surface area (Å²) in [4.78, 5) is 34.6. The van der Waals surface area contributed by atoms with E-state index in [2.05, 4.69) is 5.32 Å². The molecule has 24 heavy (non-hydrogen) atoms. The topological polar surface area (TPSA) is 139 Å². The predicted octanol–water partition coefficient (Wildman–Crippen LogP) is 1.39. The van der Waals surface area contributed by atoms with E-state index in [1.165, 1.54) is 0 Å². The van der Waals surface area contributed by atoms with Crippen LogP contribution in [0.1, 0.15) is 6.42 Å². The number of ether oxygens (including phenoxy) is 1. The quantitative estimate of drug-likeness (QED) is 0.640. The third-order valence-corrected chi connectivity index (χ3v) is 4.92. The molecule has 8 nitrogen and oxygen atoms in total. The van der Waals surface area contributed by atoms with Crippen LogP contribution < -0.4 is 11.1 Å². The zero-order valence-electron chi connectivity index (χ0n) is 12.3. The maximum Gasteiger partial charge on any atom is 0.411 e. The summed E-state index contributed by atoms with van der Waals surface area (Å²) in [5.41, 5.74) is 4.61. The van der Waals surface area contributed by atoms with Crippen molar-refractivity contribution >= 4 is 35.3 Å². The molecule has 1 aromatic rings. The zero-order chi connectivity index (χ0) is 17.6. The molecule has 5 N–H and O–H groups in total. The summed E-state index contributed by atoms with van der Waals surface area (Å²) < 4.78 is 5.24. The Morgan fingerprint density at radius 3 is 2.42 bits per heavy atom. The molecule has 1 amide bonds. The van der Waals surface area contributed by atoms with Crippen molar-refractivity contribution in [3.05, 3.63) is 29.3 Å². The number of halogens is 1. The van der Waals surface area contributed by atoms with Crippen LogP contribution in [-0.2, 0) is 14.3 Å². The van der Waals surface area contributed by atoms with E-state index >= 15 is 0 Å². The number of carbonyl (C=O) groups excluding carboxylic acids is 1. The Kier molecular flexibility index (Phi) is 3.89. The molecule has 9 heteroatoms. The monoisotopic (exact) mass is 354 g/mol. The normalized spacial score (nSPS) is 33.4. The van der Waals surface area contributed by atoms with Crippen LogP contribution in [0.5, 0.6) is 0 Å². The molecule has 2 fully saturated rings. The minimum Gasteiger partial charge on any atom is -0.481 e. The fraction of sp³-hybridized carbons (Fsp3) is 0.400. The highest BCUT2D eigenvalue weighted by Gasteiger charge is 2.75. The van der Waals surface area contributed by atoms with Gasteiger partial charge in [0.2, 0.25) is 0 Å². The molecule has 2 saturated carbocycles. The van der Waals surface area contributed by atoms with Crippen LogP contribution in [0.25, 0.3) is 0 Å². The van der Waals surface area contributed by atoms with Gasteiger partial charge in [0.05, 0.1) is 5.92 Å². The molecule has 2 aliphatic rings. The number of carboxylic acid groups (broad SMARTS) is 2. The number of amides is 1. The minimum atomic E-state index is -1.70. The molecule has 5 atom stereocenters. The SMILES string of the molecule is N[C@]1(C(=O)O)C[C@@H](OC(=O)Nc2ccc(Cl)cc2)[C@@H]2[C@@H](C(=O)O)[C@H]21. The summed E-state index contributed by atoms with van der Waals surface area (Å²) in [6, 6.07) is 6.31. The van der Waals surface area contributed by atoms with Crippen molar-refractivity contribution in [3.63, 3.8) is 0 Å². The highest BCUT2D eigenvalue weighted by molar-refractivity contribution is 6.30.